The summed E-state index contributed by atoms with van der Waals surface area (Å²) < 4.78 is 0. The molecule has 2 heteroatoms. The second-order valence-corrected chi connectivity index (χ2v) is 2.85. The molecule has 1 aromatic heterocycles. The second kappa shape index (κ2) is 5.00. The number of pyridine rings is 1. The molecule has 0 atom stereocenters. The van der Waals surface area contributed by atoms with Crippen molar-refractivity contribution in [3.05, 3.63) is 29.6 Å². The summed E-state index contributed by atoms with van der Waals surface area (Å²) in [7, 11) is 0. The van der Waals surface area contributed by atoms with Crippen LogP contribution in [0.2, 0.25) is 0 Å². The molecule has 11 heavy (non-hydrogen) atoms. The average Bonchev–Trinajstić information content (AvgIpc) is 1.88. The van der Waals surface area contributed by atoms with Crippen molar-refractivity contribution in [2.45, 2.75) is 26.7 Å². The van der Waals surface area contributed by atoms with Crippen molar-refractivity contribution in [1.82, 2.24) is 4.98 Å². The SMILES string of the molecule is Cc1[c-]ncc(C(C)C)c1.[Y]. The van der Waals surface area contributed by atoms with Gasteiger partial charge in [0.15, 0.2) is 0 Å². The van der Waals surface area contributed by atoms with Gasteiger partial charge < -0.3 is 4.98 Å². The molecular weight excluding hydrogens is 211 g/mol. The monoisotopic (exact) mass is 223 g/mol. The fourth-order valence-corrected chi connectivity index (χ4v) is 0.844. The van der Waals surface area contributed by atoms with Crippen LogP contribution in [-0.2, 0) is 32.7 Å². The average molecular weight is 223 g/mol. The molecule has 0 N–H and O–H groups in total. The molecule has 0 amide bonds. The van der Waals surface area contributed by atoms with Gasteiger partial charge in [0.1, 0.15) is 0 Å². The van der Waals surface area contributed by atoms with Crippen molar-refractivity contribution >= 4 is 0 Å². The Morgan fingerprint density at radius 3 is 2.45 bits per heavy atom. The molecule has 0 aliphatic carbocycles. The first-order valence-corrected chi connectivity index (χ1v) is 3.54. The molecule has 0 aliphatic rings. The van der Waals surface area contributed by atoms with Crippen LogP contribution in [0, 0.1) is 13.1 Å². The number of rotatable bonds is 1. The predicted octanol–water partition coefficient (Wildman–Crippen LogP) is 2.31. The summed E-state index contributed by atoms with van der Waals surface area (Å²) >= 11 is 0. The molecule has 1 radical (unpaired) electrons. The summed E-state index contributed by atoms with van der Waals surface area (Å²) in [5, 5.41) is 0. The van der Waals surface area contributed by atoms with Crippen LogP contribution < -0.4 is 0 Å². The van der Waals surface area contributed by atoms with Gasteiger partial charge in [-0.25, -0.2) is 0 Å². The van der Waals surface area contributed by atoms with E-state index in [1.807, 2.05) is 13.1 Å². The summed E-state index contributed by atoms with van der Waals surface area (Å²) in [4.78, 5) is 3.98. The quantitative estimate of drug-likeness (QED) is 0.665. The van der Waals surface area contributed by atoms with Crippen molar-refractivity contribution in [3.8, 4) is 0 Å². The second-order valence-electron chi connectivity index (χ2n) is 2.85. The first kappa shape index (κ1) is 11.3. The fourth-order valence-electron chi connectivity index (χ4n) is 0.844. The van der Waals surface area contributed by atoms with Gasteiger partial charge in [0.25, 0.3) is 0 Å². The number of aryl methyl sites for hydroxylation is 1. The first-order chi connectivity index (χ1) is 4.70. The van der Waals surface area contributed by atoms with E-state index in [-0.39, 0.29) is 32.7 Å². The minimum absolute atomic E-state index is 0. The molecule has 1 nitrogen and oxygen atoms in total. The van der Waals surface area contributed by atoms with Crippen molar-refractivity contribution in [2.24, 2.45) is 0 Å². The van der Waals surface area contributed by atoms with Gasteiger partial charge in [-0.05, 0) is 5.92 Å². The van der Waals surface area contributed by atoms with Gasteiger partial charge >= 0.3 is 0 Å². The van der Waals surface area contributed by atoms with Gasteiger partial charge in [0.05, 0.1) is 0 Å². The van der Waals surface area contributed by atoms with E-state index in [1.54, 1.807) is 0 Å². The topological polar surface area (TPSA) is 12.9 Å². The zero-order valence-electron chi connectivity index (χ0n) is 7.26. The normalized spacial score (nSPS) is 9.45. The van der Waals surface area contributed by atoms with Crippen LogP contribution in [0.4, 0.5) is 0 Å². The number of aromatic nitrogens is 1. The van der Waals surface area contributed by atoms with E-state index in [0.717, 1.165) is 5.56 Å². The van der Waals surface area contributed by atoms with E-state index in [1.165, 1.54) is 5.56 Å². The van der Waals surface area contributed by atoms with E-state index in [9.17, 15) is 0 Å². The maximum atomic E-state index is 3.98. The molecule has 0 aromatic carbocycles. The standard InChI is InChI=1S/C9H12N.Y/c1-7(2)9-4-8(3)5-10-6-9;/h4,6-7H,1-3H3;/q-1;. The molecule has 0 spiro atoms. The molecule has 0 fully saturated rings. The Morgan fingerprint density at radius 2 is 2.09 bits per heavy atom. The Hall–Kier alpha value is 0.254. The van der Waals surface area contributed by atoms with Crippen molar-refractivity contribution in [2.75, 3.05) is 0 Å². The third-order valence-electron chi connectivity index (χ3n) is 1.50. The van der Waals surface area contributed by atoms with E-state index < -0.39 is 0 Å². The fraction of sp³-hybridized carbons (Fsp3) is 0.444. The molecule has 0 aliphatic heterocycles. The summed E-state index contributed by atoms with van der Waals surface area (Å²) in [5.41, 5.74) is 2.41. The predicted molar refractivity (Wildman–Crippen MR) is 41.9 cm³/mol. The zero-order chi connectivity index (χ0) is 7.56. The molecule has 0 saturated heterocycles. The Morgan fingerprint density at radius 1 is 1.45 bits per heavy atom. The molecule has 57 valence electrons. The first-order valence-electron chi connectivity index (χ1n) is 3.54. The van der Waals surface area contributed by atoms with Gasteiger partial charge in [-0.3, -0.25) is 0 Å². The number of hydrogen-bond donors (Lipinski definition) is 0. The maximum absolute atomic E-state index is 3.98. The molecule has 0 bridgehead atoms. The van der Waals surface area contributed by atoms with Gasteiger partial charge in [-0.1, -0.05) is 33.2 Å². The van der Waals surface area contributed by atoms with Crippen LogP contribution in [0.25, 0.3) is 0 Å². The van der Waals surface area contributed by atoms with Gasteiger partial charge in [-0.15, -0.1) is 11.1 Å². The minimum Gasteiger partial charge on any atom is -0.394 e. The Kier molecular flexibility index (Phi) is 5.11. The van der Waals surface area contributed by atoms with E-state index in [0.29, 0.717) is 5.92 Å². The van der Waals surface area contributed by atoms with Gasteiger partial charge in [0, 0.05) is 32.7 Å². The molecular formula is C9H12NY-. The van der Waals surface area contributed by atoms with Crippen LogP contribution in [0.15, 0.2) is 12.3 Å². The Bertz CT molecular complexity index is 221. The molecule has 1 rings (SSSR count). The summed E-state index contributed by atoms with van der Waals surface area (Å²) in [6, 6.07) is 2.12. The Labute approximate surface area is 93.5 Å². The van der Waals surface area contributed by atoms with Crippen LogP contribution in [0.3, 0.4) is 0 Å². The third-order valence-corrected chi connectivity index (χ3v) is 1.50. The van der Waals surface area contributed by atoms with E-state index in [4.69, 9.17) is 0 Å². The summed E-state index contributed by atoms with van der Waals surface area (Å²) in [5.74, 6) is 0.570. The molecule has 0 saturated carbocycles. The van der Waals surface area contributed by atoms with Crippen LogP contribution in [0.5, 0.6) is 0 Å². The van der Waals surface area contributed by atoms with Gasteiger partial charge in [0.2, 0.25) is 0 Å². The third kappa shape index (κ3) is 3.44. The van der Waals surface area contributed by atoms with Crippen LogP contribution in [0.1, 0.15) is 30.9 Å². The largest absolute Gasteiger partial charge is 0.394 e. The Balaban J connectivity index is 0.000001000. The van der Waals surface area contributed by atoms with Crippen molar-refractivity contribution in [1.29, 1.82) is 0 Å². The summed E-state index contributed by atoms with van der Waals surface area (Å²) in [6.07, 6.45) is 4.75. The molecule has 1 heterocycles. The van der Waals surface area contributed by atoms with Crippen LogP contribution in [-0.4, -0.2) is 4.98 Å². The van der Waals surface area contributed by atoms with Crippen LogP contribution >= 0.6 is 0 Å². The van der Waals surface area contributed by atoms with Crippen molar-refractivity contribution in [3.63, 3.8) is 0 Å². The molecule has 1 aromatic rings. The van der Waals surface area contributed by atoms with Gasteiger partial charge in [-0.2, -0.15) is 6.07 Å². The number of nitrogens with zero attached hydrogens (tertiary/aromatic N) is 1. The summed E-state index contributed by atoms with van der Waals surface area (Å²) in [6.45, 7) is 6.34. The van der Waals surface area contributed by atoms with E-state index in [2.05, 4.69) is 31.1 Å². The zero-order valence-corrected chi connectivity index (χ0v) is 10.1. The van der Waals surface area contributed by atoms with Crippen molar-refractivity contribution < 1.29 is 32.7 Å². The minimum atomic E-state index is 0. The smallest absolute Gasteiger partial charge is 0 e. The maximum Gasteiger partial charge on any atom is 0 e. The molecule has 0 unspecified atom stereocenters. The number of hydrogen-bond acceptors (Lipinski definition) is 1. The van der Waals surface area contributed by atoms with E-state index >= 15 is 0 Å².